The minimum absolute atomic E-state index is 0.0600. The zero-order valence-corrected chi connectivity index (χ0v) is 12.8. The molecule has 0 atom stereocenters. The Morgan fingerprint density at radius 2 is 2.09 bits per heavy atom. The molecule has 0 aliphatic carbocycles. The summed E-state index contributed by atoms with van der Waals surface area (Å²) in [6, 6.07) is 6.01. The molecule has 1 N–H and O–H groups in total. The van der Waals surface area contributed by atoms with E-state index in [9.17, 15) is 8.42 Å². The zero-order chi connectivity index (χ0) is 16.0. The number of ether oxygens (including phenoxy) is 1. The van der Waals surface area contributed by atoms with E-state index in [-0.39, 0.29) is 10.7 Å². The van der Waals surface area contributed by atoms with Gasteiger partial charge in [0.15, 0.2) is 11.6 Å². The number of benzene rings is 1. The van der Waals surface area contributed by atoms with Crippen LogP contribution in [0.4, 0.5) is 5.82 Å². The van der Waals surface area contributed by atoms with E-state index in [0.717, 1.165) is 5.56 Å². The Morgan fingerprint density at radius 3 is 2.87 bits per heavy atom. The summed E-state index contributed by atoms with van der Waals surface area (Å²) in [7, 11) is -3.81. The zero-order valence-electron chi connectivity index (χ0n) is 11.9. The quantitative estimate of drug-likeness (QED) is 0.783. The van der Waals surface area contributed by atoms with Gasteiger partial charge in [0.05, 0.1) is 22.2 Å². The van der Waals surface area contributed by atoms with E-state index in [1.54, 1.807) is 19.2 Å². The van der Waals surface area contributed by atoms with Crippen LogP contribution in [-0.4, -0.2) is 18.7 Å². The fourth-order valence-corrected chi connectivity index (χ4v) is 3.34. The summed E-state index contributed by atoms with van der Waals surface area (Å²) in [6.07, 6.45) is 1.55. The number of nitrogens with zero attached hydrogens (tertiary/aromatic N) is 2. The molecule has 0 saturated carbocycles. The van der Waals surface area contributed by atoms with Gasteiger partial charge in [0.25, 0.3) is 10.0 Å². The highest BCUT2D eigenvalue weighted by molar-refractivity contribution is 7.92. The Labute approximate surface area is 131 Å². The predicted octanol–water partition coefficient (Wildman–Crippen LogP) is 2.33. The maximum absolute atomic E-state index is 12.5. The third kappa shape index (κ3) is 2.34. The molecule has 0 amide bonds. The van der Waals surface area contributed by atoms with Crippen LogP contribution in [-0.2, 0) is 16.6 Å². The van der Waals surface area contributed by atoms with Crippen LogP contribution in [0, 0.1) is 6.92 Å². The molecule has 0 radical (unpaired) electrons. The highest BCUT2D eigenvalue weighted by Gasteiger charge is 2.25. The third-order valence-corrected chi connectivity index (χ3v) is 4.75. The van der Waals surface area contributed by atoms with Gasteiger partial charge in [-0.25, -0.2) is 8.42 Å². The van der Waals surface area contributed by atoms with Crippen LogP contribution in [0.1, 0.15) is 11.3 Å². The molecule has 1 aliphatic heterocycles. The second-order valence-corrected chi connectivity index (χ2v) is 6.74. The lowest BCUT2D eigenvalue weighted by Gasteiger charge is -2.16. The first kappa shape index (κ1) is 13.8. The molecule has 2 aromatic heterocycles. The Hall–Kier alpha value is -2.81. The van der Waals surface area contributed by atoms with Gasteiger partial charge in [-0.1, -0.05) is 10.3 Å². The Morgan fingerprint density at radius 1 is 1.22 bits per heavy atom. The fourth-order valence-electron chi connectivity index (χ4n) is 2.33. The first-order valence-corrected chi connectivity index (χ1v) is 8.18. The van der Waals surface area contributed by atoms with E-state index in [4.69, 9.17) is 13.8 Å². The highest BCUT2D eigenvalue weighted by Crippen LogP contribution is 2.38. The van der Waals surface area contributed by atoms with Crippen LogP contribution in [0.15, 0.2) is 44.4 Å². The summed E-state index contributed by atoms with van der Waals surface area (Å²) < 4.78 is 42.9. The average Bonchev–Trinajstić information content (AvgIpc) is 3.15. The second-order valence-electron chi connectivity index (χ2n) is 5.06. The molecule has 1 aliphatic rings. The van der Waals surface area contributed by atoms with E-state index >= 15 is 0 Å². The van der Waals surface area contributed by atoms with Crippen LogP contribution in [0.3, 0.4) is 0 Å². The molecule has 0 saturated heterocycles. The van der Waals surface area contributed by atoms with Crippen molar-refractivity contribution in [2.24, 2.45) is 0 Å². The Kier molecular flexibility index (Phi) is 2.91. The monoisotopic (exact) mass is 333 g/mol. The predicted molar refractivity (Wildman–Crippen MR) is 78.3 cm³/mol. The SMILES string of the molecule is Cc1cc(NS(=O)(=O)c2ccc3c(c2)-c2oncc2CO3)no1. The van der Waals surface area contributed by atoms with Gasteiger partial charge in [0.2, 0.25) is 0 Å². The largest absolute Gasteiger partial charge is 0.488 e. The number of aryl methyl sites for hydroxylation is 1. The number of rotatable bonds is 3. The van der Waals surface area contributed by atoms with Gasteiger partial charge in [-0.3, -0.25) is 4.72 Å². The Balaban J connectivity index is 1.74. The van der Waals surface area contributed by atoms with Crippen molar-refractivity contribution in [1.82, 2.24) is 10.3 Å². The average molecular weight is 333 g/mol. The molecule has 0 fully saturated rings. The number of hydrogen-bond donors (Lipinski definition) is 1. The molecule has 0 bridgehead atoms. The Bertz CT molecular complexity index is 990. The van der Waals surface area contributed by atoms with Crippen LogP contribution < -0.4 is 9.46 Å². The maximum atomic E-state index is 12.5. The minimum Gasteiger partial charge on any atom is -0.488 e. The van der Waals surface area contributed by atoms with Crippen molar-refractivity contribution in [2.45, 2.75) is 18.4 Å². The molecule has 3 heterocycles. The minimum atomic E-state index is -3.81. The van der Waals surface area contributed by atoms with Crippen LogP contribution in [0.5, 0.6) is 5.75 Å². The molecule has 118 valence electrons. The number of fused-ring (bicyclic) bond motifs is 3. The topological polar surface area (TPSA) is 107 Å². The first-order valence-electron chi connectivity index (χ1n) is 6.70. The van der Waals surface area contributed by atoms with Gasteiger partial charge >= 0.3 is 0 Å². The molecule has 1 aromatic carbocycles. The third-order valence-electron chi connectivity index (χ3n) is 3.40. The highest BCUT2D eigenvalue weighted by atomic mass is 32.2. The van der Waals surface area contributed by atoms with Crippen LogP contribution in [0.2, 0.25) is 0 Å². The second kappa shape index (κ2) is 4.85. The van der Waals surface area contributed by atoms with E-state index in [1.165, 1.54) is 18.2 Å². The standard InChI is InChI=1S/C14H11N3O5S/c1-8-4-13(16-21-8)17-23(18,19)10-2-3-12-11(5-10)14-9(7-20-12)6-15-22-14/h2-6H,7H2,1H3,(H,16,17). The molecular weight excluding hydrogens is 322 g/mol. The van der Waals surface area contributed by atoms with Crippen molar-refractivity contribution in [3.63, 3.8) is 0 Å². The summed E-state index contributed by atoms with van der Waals surface area (Å²) in [6.45, 7) is 2.01. The van der Waals surface area contributed by atoms with Gasteiger partial charge in [0.1, 0.15) is 18.1 Å². The molecule has 8 nitrogen and oxygen atoms in total. The van der Waals surface area contributed by atoms with E-state index in [2.05, 4.69) is 15.0 Å². The number of hydrogen-bond acceptors (Lipinski definition) is 7. The van der Waals surface area contributed by atoms with Gasteiger partial charge in [-0.05, 0) is 25.1 Å². The van der Waals surface area contributed by atoms with Crippen molar-refractivity contribution in [1.29, 1.82) is 0 Å². The molecule has 4 rings (SSSR count). The van der Waals surface area contributed by atoms with Crippen molar-refractivity contribution >= 4 is 15.8 Å². The lowest BCUT2D eigenvalue weighted by Crippen LogP contribution is -2.14. The molecular formula is C14H11N3O5S. The molecule has 9 heteroatoms. The van der Waals surface area contributed by atoms with Crippen LogP contribution in [0.25, 0.3) is 11.3 Å². The van der Waals surface area contributed by atoms with Crippen LogP contribution >= 0.6 is 0 Å². The normalized spacial score (nSPS) is 13.1. The van der Waals surface area contributed by atoms with Gasteiger partial charge in [-0.15, -0.1) is 0 Å². The molecule has 0 unspecified atom stereocenters. The lowest BCUT2D eigenvalue weighted by molar-refractivity contribution is 0.297. The van der Waals surface area contributed by atoms with E-state index in [1.807, 2.05) is 0 Å². The molecule has 3 aromatic rings. The number of anilines is 1. The first-order chi connectivity index (χ1) is 11.0. The maximum Gasteiger partial charge on any atom is 0.263 e. The van der Waals surface area contributed by atoms with Gasteiger partial charge < -0.3 is 13.8 Å². The summed E-state index contributed by atoms with van der Waals surface area (Å²) >= 11 is 0. The lowest BCUT2D eigenvalue weighted by atomic mass is 10.1. The number of sulfonamides is 1. The van der Waals surface area contributed by atoms with Crippen molar-refractivity contribution in [3.8, 4) is 17.1 Å². The smallest absolute Gasteiger partial charge is 0.263 e. The molecule has 23 heavy (non-hydrogen) atoms. The van der Waals surface area contributed by atoms with Gasteiger partial charge in [0, 0.05) is 6.07 Å². The van der Waals surface area contributed by atoms with Gasteiger partial charge in [-0.2, -0.15) is 0 Å². The molecule has 0 spiro atoms. The van der Waals surface area contributed by atoms with Crippen molar-refractivity contribution in [2.75, 3.05) is 4.72 Å². The van der Waals surface area contributed by atoms with Crippen molar-refractivity contribution < 1.29 is 22.2 Å². The summed E-state index contributed by atoms with van der Waals surface area (Å²) in [5.41, 5.74) is 1.31. The number of aromatic nitrogens is 2. The van der Waals surface area contributed by atoms with E-state index < -0.39 is 10.0 Å². The number of nitrogens with one attached hydrogen (secondary N) is 1. The fraction of sp³-hybridized carbons (Fsp3) is 0.143. The summed E-state index contributed by atoms with van der Waals surface area (Å²) in [4.78, 5) is 0.0600. The van der Waals surface area contributed by atoms with E-state index in [0.29, 0.717) is 29.4 Å². The summed E-state index contributed by atoms with van der Waals surface area (Å²) in [5.74, 6) is 1.69. The summed E-state index contributed by atoms with van der Waals surface area (Å²) in [5, 5.41) is 7.35. The van der Waals surface area contributed by atoms with Crippen molar-refractivity contribution in [3.05, 3.63) is 41.8 Å².